The van der Waals surface area contributed by atoms with Crippen molar-refractivity contribution in [3.05, 3.63) is 92.7 Å². The number of halogens is 1. The summed E-state index contributed by atoms with van der Waals surface area (Å²) in [4.78, 5) is 39.9. The van der Waals surface area contributed by atoms with Gasteiger partial charge in [-0.1, -0.05) is 69.8 Å². The van der Waals surface area contributed by atoms with Crippen molar-refractivity contribution in [2.24, 2.45) is 5.92 Å². The maximum Gasteiger partial charge on any atom is 0.344 e. The number of pyridine rings is 1. The zero-order valence-corrected chi connectivity index (χ0v) is 35.1. The Morgan fingerprint density at radius 2 is 1.79 bits per heavy atom. The second-order valence-corrected chi connectivity index (χ2v) is 21.1. The molecule has 0 radical (unpaired) electrons. The van der Waals surface area contributed by atoms with Crippen LogP contribution in [0.5, 0.6) is 23.0 Å². The lowest BCUT2D eigenvalue weighted by Crippen LogP contribution is -2.43. The topological polar surface area (TPSA) is 145 Å². The SMILES string of the molecule is COc1cc(OCC(=O)OCCCc2cccc(OC(=O)C3CCCCC3)c2)c(Cl)cc1CNC[C@H](O[Si](C)(C)C(C)(C)C)c1ccc(O)c2[nH]c(=O)ccc12. The van der Waals surface area contributed by atoms with Crippen LogP contribution in [0.2, 0.25) is 23.2 Å². The number of nitrogens with one attached hydrogen (secondary N) is 2. The van der Waals surface area contributed by atoms with Crippen molar-refractivity contribution < 1.29 is 38.1 Å². The van der Waals surface area contributed by atoms with Crippen LogP contribution < -0.4 is 25.1 Å². The molecule has 0 amide bonds. The summed E-state index contributed by atoms with van der Waals surface area (Å²) in [7, 11) is -0.723. The van der Waals surface area contributed by atoms with Crippen LogP contribution >= 0.6 is 11.6 Å². The van der Waals surface area contributed by atoms with Gasteiger partial charge in [-0.25, -0.2) is 4.79 Å². The van der Waals surface area contributed by atoms with Gasteiger partial charge >= 0.3 is 11.9 Å². The number of phenols is 1. The zero-order chi connectivity index (χ0) is 40.5. The van der Waals surface area contributed by atoms with Crippen molar-refractivity contribution in [2.75, 3.05) is 26.9 Å². The van der Waals surface area contributed by atoms with Crippen molar-refractivity contribution in [2.45, 2.75) is 96.5 Å². The first-order chi connectivity index (χ1) is 26.6. The third kappa shape index (κ3) is 11.4. The quantitative estimate of drug-likeness (QED) is 0.0410. The number of aromatic hydroxyl groups is 1. The summed E-state index contributed by atoms with van der Waals surface area (Å²) in [5.74, 6) is 0.631. The molecule has 1 aliphatic carbocycles. The third-order valence-corrected chi connectivity index (χ3v) is 15.5. The normalized spacial score (nSPS) is 14.3. The van der Waals surface area contributed by atoms with Crippen molar-refractivity contribution in [3.63, 3.8) is 0 Å². The van der Waals surface area contributed by atoms with E-state index >= 15 is 0 Å². The summed E-state index contributed by atoms with van der Waals surface area (Å²) in [6.07, 6.45) is 5.93. The minimum absolute atomic E-state index is 0.0110. The Hall–Kier alpha value is -4.36. The second-order valence-electron chi connectivity index (χ2n) is 15.9. The molecule has 1 heterocycles. The van der Waals surface area contributed by atoms with Crippen LogP contribution in [0, 0.1) is 5.92 Å². The van der Waals surface area contributed by atoms with E-state index in [0.29, 0.717) is 53.4 Å². The molecule has 1 atom stereocenters. The highest BCUT2D eigenvalue weighted by atomic mass is 35.5. The Morgan fingerprint density at radius 3 is 2.52 bits per heavy atom. The number of hydrogen-bond acceptors (Lipinski definition) is 10. The highest BCUT2D eigenvalue weighted by molar-refractivity contribution is 6.74. The monoisotopic (exact) mass is 806 g/mol. The van der Waals surface area contributed by atoms with Gasteiger partial charge in [-0.3, -0.25) is 9.59 Å². The first kappa shape index (κ1) is 42.8. The molecule has 302 valence electrons. The molecule has 1 aliphatic rings. The van der Waals surface area contributed by atoms with E-state index in [1.807, 2.05) is 24.3 Å². The lowest BCUT2D eigenvalue weighted by molar-refractivity contribution is -0.146. The van der Waals surface area contributed by atoms with E-state index in [0.717, 1.165) is 42.4 Å². The Morgan fingerprint density at radius 1 is 1.02 bits per heavy atom. The fraction of sp³-hybridized carbons (Fsp3) is 0.465. The summed E-state index contributed by atoms with van der Waals surface area (Å²) in [6, 6.07) is 17.4. The summed E-state index contributed by atoms with van der Waals surface area (Å²) in [6.45, 7) is 11.5. The van der Waals surface area contributed by atoms with E-state index < -0.39 is 20.4 Å². The number of carbonyl (C=O) groups is 2. The van der Waals surface area contributed by atoms with E-state index in [2.05, 4.69) is 44.2 Å². The Kier molecular flexibility index (Phi) is 14.7. The number of ether oxygens (including phenoxy) is 4. The summed E-state index contributed by atoms with van der Waals surface area (Å²) in [5.41, 5.74) is 2.66. The van der Waals surface area contributed by atoms with Crippen LogP contribution in [-0.4, -0.2) is 57.2 Å². The molecule has 1 saturated carbocycles. The highest BCUT2D eigenvalue weighted by Crippen LogP contribution is 2.41. The van der Waals surface area contributed by atoms with Crippen LogP contribution in [-0.2, 0) is 31.7 Å². The summed E-state index contributed by atoms with van der Waals surface area (Å²) < 4.78 is 29.4. The van der Waals surface area contributed by atoms with Crippen molar-refractivity contribution in [1.82, 2.24) is 10.3 Å². The van der Waals surface area contributed by atoms with Crippen molar-refractivity contribution in [1.29, 1.82) is 0 Å². The molecule has 0 spiro atoms. The molecule has 4 aromatic rings. The number of aryl methyl sites for hydroxylation is 1. The van der Waals surface area contributed by atoms with Crippen molar-refractivity contribution in [3.8, 4) is 23.0 Å². The Labute approximate surface area is 335 Å². The standard InChI is InChI=1S/C43H55ClN2O9Si/c1-43(2,3)56(5,6)55-38(32-17-19-35(47)41-33(32)18-20-39(48)46-41)26-45-25-30-23-34(44)37(24-36(30)51-4)53-27-40(49)52-21-11-13-28-12-10-16-31(22-28)54-42(50)29-14-8-7-9-15-29/h10,12,16-20,22-24,29,38,45,47H,7-9,11,13-15,21,25-27H2,1-6H3,(H,46,48)/t38-/m0/s1. The number of esters is 2. The largest absolute Gasteiger partial charge is 0.506 e. The molecule has 0 saturated heterocycles. The maximum absolute atomic E-state index is 12.6. The Balaban J connectivity index is 1.14. The van der Waals surface area contributed by atoms with Crippen molar-refractivity contribution >= 4 is 42.8 Å². The molecule has 0 bridgehead atoms. The number of carbonyl (C=O) groups excluding carboxylic acids is 2. The first-order valence-electron chi connectivity index (χ1n) is 19.3. The number of aromatic nitrogens is 1. The molecule has 1 aromatic heterocycles. The number of rotatable bonds is 17. The van der Waals surface area contributed by atoms with Gasteiger partial charge in [0.25, 0.3) is 0 Å². The number of aromatic amines is 1. The van der Waals surface area contributed by atoms with Gasteiger partial charge in [0.2, 0.25) is 5.56 Å². The molecule has 0 aliphatic heterocycles. The molecule has 3 aromatic carbocycles. The number of methoxy groups -OCH3 is 1. The molecule has 56 heavy (non-hydrogen) atoms. The van der Waals surface area contributed by atoms with Crippen LogP contribution in [0.3, 0.4) is 0 Å². The summed E-state index contributed by atoms with van der Waals surface area (Å²) >= 11 is 6.63. The van der Waals surface area contributed by atoms with Gasteiger partial charge in [0, 0.05) is 36.2 Å². The lowest BCUT2D eigenvalue weighted by Gasteiger charge is -2.39. The van der Waals surface area contributed by atoms with Crippen LogP contribution in [0.25, 0.3) is 10.9 Å². The molecule has 3 N–H and O–H groups in total. The van der Waals surface area contributed by atoms with E-state index in [-0.39, 0.29) is 47.2 Å². The van der Waals surface area contributed by atoms with Gasteiger partial charge in [0.1, 0.15) is 23.0 Å². The lowest BCUT2D eigenvalue weighted by atomic mass is 9.89. The summed E-state index contributed by atoms with van der Waals surface area (Å²) in [5, 5.41) is 15.0. The van der Waals surface area contributed by atoms with Gasteiger partial charge in [-0.2, -0.15) is 0 Å². The molecular formula is C43H55ClN2O9Si. The average molecular weight is 807 g/mol. The minimum Gasteiger partial charge on any atom is -0.506 e. The first-order valence-corrected chi connectivity index (χ1v) is 22.6. The molecular weight excluding hydrogens is 752 g/mol. The average Bonchev–Trinajstić information content (AvgIpc) is 3.16. The second kappa shape index (κ2) is 19.2. The number of phenolic OH excluding ortho intramolecular Hbond substituents is 1. The van der Waals surface area contributed by atoms with Gasteiger partial charge in [0.05, 0.1) is 36.3 Å². The van der Waals surface area contributed by atoms with Crippen LogP contribution in [0.1, 0.15) is 82.1 Å². The predicted molar refractivity (Wildman–Crippen MR) is 220 cm³/mol. The van der Waals surface area contributed by atoms with E-state index in [1.54, 1.807) is 37.4 Å². The zero-order valence-electron chi connectivity index (χ0n) is 33.3. The third-order valence-electron chi connectivity index (χ3n) is 10.8. The smallest absolute Gasteiger partial charge is 0.344 e. The van der Waals surface area contributed by atoms with E-state index in [9.17, 15) is 19.5 Å². The van der Waals surface area contributed by atoms with Gasteiger partial charge < -0.3 is 38.8 Å². The highest BCUT2D eigenvalue weighted by Gasteiger charge is 2.40. The number of H-pyrrole nitrogens is 1. The molecule has 11 nitrogen and oxygen atoms in total. The van der Waals surface area contributed by atoms with E-state index in [1.165, 1.54) is 12.5 Å². The fourth-order valence-electron chi connectivity index (χ4n) is 6.58. The molecule has 1 fully saturated rings. The van der Waals surface area contributed by atoms with E-state index in [4.69, 9.17) is 35.0 Å². The van der Waals surface area contributed by atoms with Crippen LogP contribution in [0.15, 0.2) is 65.5 Å². The van der Waals surface area contributed by atoms with Gasteiger partial charge in [-0.05, 0) is 85.3 Å². The predicted octanol–water partition coefficient (Wildman–Crippen LogP) is 8.79. The van der Waals surface area contributed by atoms with Gasteiger partial charge in [0.15, 0.2) is 14.9 Å². The van der Waals surface area contributed by atoms with Gasteiger partial charge in [-0.15, -0.1) is 0 Å². The number of fused-ring (bicyclic) bond motifs is 1. The maximum atomic E-state index is 12.6. The minimum atomic E-state index is -2.27. The molecule has 13 heteroatoms. The molecule has 5 rings (SSSR count). The molecule has 0 unspecified atom stereocenters. The Bertz CT molecular complexity index is 2040. The number of benzene rings is 3. The van der Waals surface area contributed by atoms with Crippen LogP contribution in [0.4, 0.5) is 0 Å². The fourth-order valence-corrected chi connectivity index (χ4v) is 8.10. The number of hydrogen-bond donors (Lipinski definition) is 3.